The van der Waals surface area contributed by atoms with Crippen molar-refractivity contribution in [2.24, 2.45) is 5.73 Å². The van der Waals surface area contributed by atoms with Crippen LogP contribution in [0.2, 0.25) is 0 Å². The zero-order valence-electron chi connectivity index (χ0n) is 27.2. The molecule has 0 atom stereocenters. The Morgan fingerprint density at radius 2 is 1.37 bits per heavy atom. The van der Waals surface area contributed by atoms with E-state index in [1.165, 1.54) is 36.8 Å². The van der Waals surface area contributed by atoms with Gasteiger partial charge in [0.25, 0.3) is 0 Å². The summed E-state index contributed by atoms with van der Waals surface area (Å²) >= 11 is 0. The number of nitrogens with zero attached hydrogens (tertiary/aromatic N) is 6. The van der Waals surface area contributed by atoms with Crippen molar-refractivity contribution in [3.63, 3.8) is 0 Å². The Bertz CT molecular complexity index is 1460. The van der Waals surface area contributed by atoms with Gasteiger partial charge in [0.2, 0.25) is 5.95 Å². The fourth-order valence-corrected chi connectivity index (χ4v) is 7.65. The summed E-state index contributed by atoms with van der Waals surface area (Å²) in [7, 11) is 0. The number of anilines is 2. The number of hydrogen-bond acceptors (Lipinski definition) is 8. The van der Waals surface area contributed by atoms with Crippen LogP contribution in [0.25, 0.3) is 11.2 Å². The Kier molecular flexibility index (Phi) is 10.1. The molecule has 0 radical (unpaired) electrons. The summed E-state index contributed by atoms with van der Waals surface area (Å²) in [5, 5.41) is 7.52. The van der Waals surface area contributed by atoms with E-state index in [0.29, 0.717) is 24.2 Å². The zero-order valence-corrected chi connectivity index (χ0v) is 27.2. The van der Waals surface area contributed by atoms with Gasteiger partial charge in [-0.15, -0.1) is 0 Å². The lowest BCUT2D eigenvalue weighted by molar-refractivity contribution is 0.169. The van der Waals surface area contributed by atoms with Crippen LogP contribution in [0.15, 0.2) is 67.0 Å². The lowest BCUT2D eigenvalue weighted by Crippen LogP contribution is -2.42. The van der Waals surface area contributed by atoms with Gasteiger partial charge in [0.15, 0.2) is 17.0 Å². The highest BCUT2D eigenvalue weighted by Gasteiger charge is 2.26. The van der Waals surface area contributed by atoms with Gasteiger partial charge in [-0.2, -0.15) is 9.97 Å². The standard InChI is InChI=1S/C37H51N9/c38-30-15-17-31(18-16-30)41-37-42-35(34-36(43-37)46(27-39-34)33-13-7-8-14-33)40-32-19-21-44(22-20-32)23-24-45(25-28-9-3-1-4-10-28)26-29-11-5-2-6-12-29/h1-6,9-12,27,30-33H,7-8,13-26,38H2,(H2,40,41,42,43). The molecule has 3 aliphatic rings. The minimum atomic E-state index is 0.323. The smallest absolute Gasteiger partial charge is 0.227 e. The van der Waals surface area contributed by atoms with E-state index in [1.54, 1.807) is 0 Å². The van der Waals surface area contributed by atoms with Gasteiger partial charge in [-0.25, -0.2) is 4.98 Å². The third kappa shape index (κ3) is 7.88. The second kappa shape index (κ2) is 14.9. The molecule has 0 bridgehead atoms. The number of likely N-dealkylation sites (tertiary alicyclic amines) is 1. The van der Waals surface area contributed by atoms with E-state index >= 15 is 0 Å². The molecule has 4 N–H and O–H groups in total. The van der Waals surface area contributed by atoms with Crippen LogP contribution in [0.1, 0.15) is 81.4 Å². The molecule has 2 aromatic carbocycles. The monoisotopic (exact) mass is 621 g/mol. The van der Waals surface area contributed by atoms with E-state index in [9.17, 15) is 0 Å². The molecule has 244 valence electrons. The minimum absolute atomic E-state index is 0.323. The van der Waals surface area contributed by atoms with E-state index in [0.717, 1.165) is 101 Å². The number of fused-ring (bicyclic) bond motifs is 1. The van der Waals surface area contributed by atoms with Crippen molar-refractivity contribution in [2.75, 3.05) is 36.8 Å². The molecule has 3 heterocycles. The summed E-state index contributed by atoms with van der Waals surface area (Å²) in [5.74, 6) is 1.61. The predicted octanol–water partition coefficient (Wildman–Crippen LogP) is 6.20. The summed E-state index contributed by atoms with van der Waals surface area (Å²) in [5.41, 5.74) is 10.8. The van der Waals surface area contributed by atoms with Gasteiger partial charge in [-0.1, -0.05) is 73.5 Å². The summed E-state index contributed by atoms with van der Waals surface area (Å²) in [6.07, 6.45) is 13.4. The van der Waals surface area contributed by atoms with Crippen LogP contribution in [-0.2, 0) is 13.1 Å². The topological polar surface area (TPSA) is 100 Å². The van der Waals surface area contributed by atoms with Gasteiger partial charge in [0.05, 0.1) is 6.33 Å². The number of hydrogen-bond donors (Lipinski definition) is 3. The van der Waals surface area contributed by atoms with Crippen molar-refractivity contribution in [3.05, 3.63) is 78.1 Å². The highest BCUT2D eigenvalue weighted by atomic mass is 15.2. The average Bonchev–Trinajstić information content (AvgIpc) is 3.77. The highest BCUT2D eigenvalue weighted by Crippen LogP contribution is 2.34. The molecule has 0 unspecified atom stereocenters. The van der Waals surface area contributed by atoms with Crippen LogP contribution < -0.4 is 16.4 Å². The molecule has 9 nitrogen and oxygen atoms in total. The lowest BCUT2D eigenvalue weighted by atomic mass is 9.92. The highest BCUT2D eigenvalue weighted by molar-refractivity contribution is 5.84. The fraction of sp³-hybridized carbons (Fsp3) is 0.541. The number of benzene rings is 2. The number of rotatable bonds is 12. The molecule has 7 rings (SSSR count). The second-order valence-corrected chi connectivity index (χ2v) is 13.9. The van der Waals surface area contributed by atoms with E-state index in [2.05, 4.69) is 85.7 Å². The quantitative estimate of drug-likeness (QED) is 0.172. The van der Waals surface area contributed by atoms with Gasteiger partial charge in [-0.3, -0.25) is 4.90 Å². The molecule has 1 saturated heterocycles. The average molecular weight is 622 g/mol. The lowest BCUT2D eigenvalue weighted by Gasteiger charge is -2.34. The SMILES string of the molecule is NC1CCC(Nc2nc(NC3CCN(CCN(Cc4ccccc4)Cc4ccccc4)CC3)c3ncn(C4CCCC4)c3n2)CC1. The molecule has 46 heavy (non-hydrogen) atoms. The number of piperidine rings is 1. The molecular weight excluding hydrogens is 570 g/mol. The zero-order chi connectivity index (χ0) is 31.1. The third-order valence-corrected chi connectivity index (χ3v) is 10.4. The number of nitrogens with two attached hydrogens (primary N) is 1. The van der Waals surface area contributed by atoms with Crippen molar-refractivity contribution in [1.82, 2.24) is 29.3 Å². The van der Waals surface area contributed by atoms with Crippen molar-refractivity contribution in [3.8, 4) is 0 Å². The summed E-state index contributed by atoms with van der Waals surface area (Å²) in [6, 6.07) is 23.3. The second-order valence-electron chi connectivity index (χ2n) is 13.9. The van der Waals surface area contributed by atoms with Crippen LogP contribution in [0.3, 0.4) is 0 Å². The van der Waals surface area contributed by atoms with Crippen molar-refractivity contribution < 1.29 is 0 Å². The summed E-state index contributed by atoms with van der Waals surface area (Å²) < 4.78 is 2.32. The minimum Gasteiger partial charge on any atom is -0.365 e. The van der Waals surface area contributed by atoms with E-state index in [1.807, 2.05) is 6.33 Å². The normalized spacial score (nSPS) is 21.7. The number of nitrogens with one attached hydrogen (secondary N) is 2. The van der Waals surface area contributed by atoms with Crippen LogP contribution >= 0.6 is 0 Å². The van der Waals surface area contributed by atoms with Gasteiger partial charge >= 0.3 is 0 Å². The van der Waals surface area contributed by atoms with Crippen LogP contribution in [0.5, 0.6) is 0 Å². The first-order valence-corrected chi connectivity index (χ1v) is 17.7. The van der Waals surface area contributed by atoms with Crippen molar-refractivity contribution in [2.45, 2.75) is 101 Å². The maximum absolute atomic E-state index is 6.19. The van der Waals surface area contributed by atoms with Gasteiger partial charge < -0.3 is 25.8 Å². The maximum atomic E-state index is 6.19. The Balaban J connectivity index is 0.993. The van der Waals surface area contributed by atoms with Gasteiger partial charge in [-0.05, 0) is 62.5 Å². The van der Waals surface area contributed by atoms with E-state index in [-0.39, 0.29) is 0 Å². The molecule has 2 aliphatic carbocycles. The Morgan fingerprint density at radius 1 is 0.739 bits per heavy atom. The van der Waals surface area contributed by atoms with E-state index < -0.39 is 0 Å². The molecule has 0 spiro atoms. The Labute approximate surface area is 274 Å². The predicted molar refractivity (Wildman–Crippen MR) is 187 cm³/mol. The molecule has 4 aromatic rings. The van der Waals surface area contributed by atoms with Gasteiger partial charge in [0.1, 0.15) is 0 Å². The first-order chi connectivity index (χ1) is 22.7. The molecule has 9 heteroatoms. The number of aromatic nitrogens is 4. The first kappa shape index (κ1) is 31.1. The van der Waals surface area contributed by atoms with Crippen molar-refractivity contribution >= 4 is 22.9 Å². The molecule has 0 amide bonds. The Morgan fingerprint density at radius 3 is 2.02 bits per heavy atom. The van der Waals surface area contributed by atoms with Gasteiger partial charge in [0, 0.05) is 63.4 Å². The van der Waals surface area contributed by atoms with Crippen LogP contribution in [0.4, 0.5) is 11.8 Å². The molecule has 2 aromatic heterocycles. The van der Waals surface area contributed by atoms with Crippen LogP contribution in [-0.4, -0.2) is 73.6 Å². The molecule has 2 saturated carbocycles. The summed E-state index contributed by atoms with van der Waals surface area (Å²) in [6.45, 7) is 6.23. The molecule has 1 aliphatic heterocycles. The summed E-state index contributed by atoms with van der Waals surface area (Å²) in [4.78, 5) is 20.2. The number of imidazole rings is 1. The Hall–Kier alpha value is -3.53. The van der Waals surface area contributed by atoms with E-state index in [4.69, 9.17) is 20.7 Å². The first-order valence-electron chi connectivity index (χ1n) is 17.7. The maximum Gasteiger partial charge on any atom is 0.227 e. The largest absolute Gasteiger partial charge is 0.365 e. The third-order valence-electron chi connectivity index (χ3n) is 10.4. The fourth-order valence-electron chi connectivity index (χ4n) is 7.65. The molecular formula is C37H51N9. The molecule has 3 fully saturated rings. The van der Waals surface area contributed by atoms with Crippen LogP contribution in [0, 0.1) is 0 Å². The van der Waals surface area contributed by atoms with Crippen molar-refractivity contribution in [1.29, 1.82) is 0 Å².